The summed E-state index contributed by atoms with van der Waals surface area (Å²) in [6.45, 7) is -0.345. The third kappa shape index (κ3) is 4.60. The molecule has 1 amide bonds. The molecule has 0 atom stereocenters. The molecule has 0 aliphatic carbocycles. The van der Waals surface area contributed by atoms with Gasteiger partial charge < -0.3 is 16.2 Å². The predicted octanol–water partition coefficient (Wildman–Crippen LogP) is -0.496. The Labute approximate surface area is 98.8 Å². The molecule has 0 unspecified atom stereocenters. The lowest BCUT2D eigenvalue weighted by molar-refractivity contribution is -0.119. The number of hydrogen-bond donors (Lipinski definition) is 3. The lowest BCUT2D eigenvalue weighted by Crippen LogP contribution is -2.20. The summed E-state index contributed by atoms with van der Waals surface area (Å²) in [5, 5.41) is 0. The third-order valence-corrected chi connectivity index (χ3v) is 2.26. The van der Waals surface area contributed by atoms with E-state index in [2.05, 4.69) is 4.72 Å². The van der Waals surface area contributed by atoms with Crippen molar-refractivity contribution < 1.29 is 17.9 Å². The summed E-state index contributed by atoms with van der Waals surface area (Å²) in [7, 11) is -3.46. The Hall–Kier alpha value is -1.96. The Balaban J connectivity index is 2.99. The van der Waals surface area contributed by atoms with Crippen LogP contribution >= 0.6 is 0 Å². The van der Waals surface area contributed by atoms with Gasteiger partial charge in [-0.05, 0) is 18.2 Å². The fourth-order valence-electron chi connectivity index (χ4n) is 1.10. The second kappa shape index (κ2) is 4.91. The number of benzene rings is 1. The summed E-state index contributed by atoms with van der Waals surface area (Å²) < 4.78 is 29.5. The number of nitrogens with one attached hydrogen (secondary N) is 1. The van der Waals surface area contributed by atoms with Gasteiger partial charge in [-0.1, -0.05) is 0 Å². The van der Waals surface area contributed by atoms with Crippen LogP contribution in [-0.4, -0.2) is 27.2 Å². The van der Waals surface area contributed by atoms with Gasteiger partial charge in [0.25, 0.3) is 5.91 Å². The van der Waals surface area contributed by atoms with E-state index in [1.165, 1.54) is 18.2 Å². The number of carbonyl (C=O) groups is 1. The molecule has 0 saturated heterocycles. The first-order valence-electron chi connectivity index (χ1n) is 4.56. The molecule has 0 fully saturated rings. The van der Waals surface area contributed by atoms with Gasteiger partial charge in [0, 0.05) is 5.69 Å². The maximum atomic E-state index is 11.1. The van der Waals surface area contributed by atoms with Gasteiger partial charge in [0.2, 0.25) is 10.0 Å². The Morgan fingerprint density at radius 2 is 2.12 bits per heavy atom. The van der Waals surface area contributed by atoms with Gasteiger partial charge in [-0.15, -0.1) is 0 Å². The molecule has 8 heteroatoms. The highest BCUT2D eigenvalue weighted by Crippen LogP contribution is 2.27. The highest BCUT2D eigenvalue weighted by Gasteiger charge is 2.10. The molecule has 0 aromatic heterocycles. The van der Waals surface area contributed by atoms with E-state index < -0.39 is 15.9 Å². The molecule has 0 heterocycles. The van der Waals surface area contributed by atoms with Crippen LogP contribution in [0.25, 0.3) is 0 Å². The van der Waals surface area contributed by atoms with Crippen molar-refractivity contribution in [2.45, 2.75) is 0 Å². The molecule has 0 spiro atoms. The minimum Gasteiger partial charge on any atom is -0.482 e. The number of ether oxygens (including phenoxy) is 1. The van der Waals surface area contributed by atoms with Crippen LogP contribution in [0.1, 0.15) is 0 Å². The van der Waals surface area contributed by atoms with Crippen molar-refractivity contribution in [2.24, 2.45) is 5.73 Å². The van der Waals surface area contributed by atoms with E-state index in [-0.39, 0.29) is 18.0 Å². The number of sulfonamides is 1. The Bertz CT molecular complexity index is 527. The number of primary amides is 1. The van der Waals surface area contributed by atoms with E-state index in [9.17, 15) is 13.2 Å². The molecule has 17 heavy (non-hydrogen) atoms. The summed E-state index contributed by atoms with van der Waals surface area (Å²) in [5.41, 5.74) is 11.0. The summed E-state index contributed by atoms with van der Waals surface area (Å²) in [4.78, 5) is 10.6. The van der Waals surface area contributed by atoms with E-state index in [1.807, 2.05) is 0 Å². The topological polar surface area (TPSA) is 125 Å². The third-order valence-electron chi connectivity index (χ3n) is 1.67. The number of amides is 1. The number of anilines is 2. The van der Waals surface area contributed by atoms with Gasteiger partial charge in [-0.2, -0.15) is 0 Å². The molecule has 5 N–H and O–H groups in total. The Morgan fingerprint density at radius 3 is 2.65 bits per heavy atom. The lowest BCUT2D eigenvalue weighted by atomic mass is 10.2. The quantitative estimate of drug-likeness (QED) is 0.615. The van der Waals surface area contributed by atoms with E-state index in [0.717, 1.165) is 6.26 Å². The van der Waals surface area contributed by atoms with Crippen LogP contribution in [0.2, 0.25) is 0 Å². The van der Waals surface area contributed by atoms with Crippen LogP contribution in [0.5, 0.6) is 5.75 Å². The highest BCUT2D eigenvalue weighted by atomic mass is 32.2. The molecule has 7 nitrogen and oxygen atoms in total. The molecular weight excluding hydrogens is 246 g/mol. The lowest BCUT2D eigenvalue weighted by Gasteiger charge is -2.11. The van der Waals surface area contributed by atoms with Crippen LogP contribution in [0.4, 0.5) is 11.4 Å². The molecule has 1 aromatic rings. The number of nitrogens with two attached hydrogens (primary N) is 2. The standard InChI is InChI=1S/C9H13N3O4S/c1-17(14,15)12-7-4-6(10)2-3-8(7)16-5-9(11)13/h2-4,12H,5,10H2,1H3,(H2,11,13). The van der Waals surface area contributed by atoms with Crippen LogP contribution in [0, 0.1) is 0 Å². The van der Waals surface area contributed by atoms with Gasteiger partial charge in [-0.3, -0.25) is 9.52 Å². The van der Waals surface area contributed by atoms with Gasteiger partial charge >= 0.3 is 0 Å². The zero-order valence-electron chi connectivity index (χ0n) is 9.14. The minimum atomic E-state index is -3.46. The van der Waals surface area contributed by atoms with Gasteiger partial charge in [0.15, 0.2) is 6.61 Å². The van der Waals surface area contributed by atoms with Gasteiger partial charge in [0.05, 0.1) is 11.9 Å². The largest absolute Gasteiger partial charge is 0.482 e. The Morgan fingerprint density at radius 1 is 1.47 bits per heavy atom. The number of rotatable bonds is 5. The zero-order valence-corrected chi connectivity index (χ0v) is 9.95. The molecule has 0 saturated carbocycles. The smallest absolute Gasteiger partial charge is 0.255 e. The summed E-state index contributed by atoms with van der Waals surface area (Å²) >= 11 is 0. The molecule has 94 valence electrons. The second-order valence-electron chi connectivity index (χ2n) is 3.38. The molecular formula is C9H13N3O4S. The molecule has 1 aromatic carbocycles. The van der Waals surface area contributed by atoms with E-state index in [0.29, 0.717) is 5.69 Å². The minimum absolute atomic E-state index is 0.161. The number of hydrogen-bond acceptors (Lipinski definition) is 5. The van der Waals surface area contributed by atoms with E-state index in [4.69, 9.17) is 16.2 Å². The van der Waals surface area contributed by atoms with Crippen molar-refractivity contribution in [1.82, 2.24) is 0 Å². The van der Waals surface area contributed by atoms with Crippen molar-refractivity contribution in [1.29, 1.82) is 0 Å². The van der Waals surface area contributed by atoms with Crippen molar-refractivity contribution in [3.63, 3.8) is 0 Å². The monoisotopic (exact) mass is 259 g/mol. The highest BCUT2D eigenvalue weighted by molar-refractivity contribution is 7.92. The van der Waals surface area contributed by atoms with Gasteiger partial charge in [0.1, 0.15) is 5.75 Å². The SMILES string of the molecule is CS(=O)(=O)Nc1cc(N)ccc1OCC(N)=O. The molecule has 0 radical (unpaired) electrons. The van der Waals surface area contributed by atoms with Crippen LogP contribution < -0.4 is 20.9 Å². The zero-order chi connectivity index (χ0) is 13.1. The van der Waals surface area contributed by atoms with Crippen molar-refractivity contribution in [3.8, 4) is 5.75 Å². The fraction of sp³-hybridized carbons (Fsp3) is 0.222. The van der Waals surface area contributed by atoms with Crippen LogP contribution in [-0.2, 0) is 14.8 Å². The fourth-order valence-corrected chi connectivity index (χ4v) is 1.66. The van der Waals surface area contributed by atoms with Crippen LogP contribution in [0.15, 0.2) is 18.2 Å². The van der Waals surface area contributed by atoms with E-state index >= 15 is 0 Å². The van der Waals surface area contributed by atoms with Gasteiger partial charge in [-0.25, -0.2) is 8.42 Å². The summed E-state index contributed by atoms with van der Waals surface area (Å²) in [5.74, 6) is -0.476. The number of nitrogen functional groups attached to an aromatic ring is 1. The van der Waals surface area contributed by atoms with E-state index in [1.54, 1.807) is 0 Å². The molecule has 0 bridgehead atoms. The second-order valence-corrected chi connectivity index (χ2v) is 5.13. The van der Waals surface area contributed by atoms with Crippen LogP contribution in [0.3, 0.4) is 0 Å². The van der Waals surface area contributed by atoms with Crippen molar-refractivity contribution in [2.75, 3.05) is 23.3 Å². The average Bonchev–Trinajstić information content (AvgIpc) is 2.13. The van der Waals surface area contributed by atoms with Crippen molar-refractivity contribution in [3.05, 3.63) is 18.2 Å². The number of carbonyl (C=O) groups excluding carboxylic acids is 1. The average molecular weight is 259 g/mol. The summed E-state index contributed by atoms with van der Waals surface area (Å²) in [6, 6.07) is 4.35. The molecule has 0 aliphatic heterocycles. The first-order valence-corrected chi connectivity index (χ1v) is 6.45. The maximum absolute atomic E-state index is 11.1. The normalized spacial score (nSPS) is 10.9. The Kier molecular flexibility index (Phi) is 3.79. The maximum Gasteiger partial charge on any atom is 0.255 e. The molecule has 1 rings (SSSR count). The predicted molar refractivity (Wildman–Crippen MR) is 64.0 cm³/mol. The van der Waals surface area contributed by atoms with Crippen molar-refractivity contribution >= 4 is 27.3 Å². The first-order chi connectivity index (χ1) is 7.78. The first kappa shape index (κ1) is 13.1. The summed E-state index contributed by atoms with van der Waals surface area (Å²) in [6.07, 6.45) is 0.994. The molecule has 0 aliphatic rings.